The summed E-state index contributed by atoms with van der Waals surface area (Å²) in [6, 6.07) is 0. The molecule has 0 aliphatic carbocycles. The third-order valence-electron chi connectivity index (χ3n) is 1.85. The molecule has 0 bridgehead atoms. The van der Waals surface area contributed by atoms with E-state index >= 15 is 0 Å². The maximum atomic E-state index is 12.6. The molecule has 1 aromatic heterocycles. The molecule has 92 valence electrons. The van der Waals surface area contributed by atoms with Crippen molar-refractivity contribution in [3.05, 3.63) is 15.6 Å². The summed E-state index contributed by atoms with van der Waals surface area (Å²) in [6.07, 6.45) is -4.36. The molecule has 0 fully saturated rings. The van der Waals surface area contributed by atoms with Gasteiger partial charge in [-0.2, -0.15) is 13.2 Å². The zero-order valence-electron chi connectivity index (χ0n) is 9.70. The third-order valence-corrected chi connectivity index (χ3v) is 2.82. The van der Waals surface area contributed by atoms with E-state index in [4.69, 9.17) is 0 Å². The molecule has 0 aliphatic heterocycles. The first-order valence-electron chi connectivity index (χ1n) is 4.88. The lowest BCUT2D eigenvalue weighted by molar-refractivity contribution is -0.141. The molecule has 0 aliphatic rings. The number of thiazole rings is 1. The topological polar surface area (TPSA) is 24.9 Å². The molecule has 2 nitrogen and oxygen atoms in total. The van der Waals surface area contributed by atoms with E-state index in [1.54, 1.807) is 6.92 Å². The number of halogens is 3. The summed E-state index contributed by atoms with van der Waals surface area (Å²) in [4.78, 5) is 3.79. The Kier molecular flexibility index (Phi) is 3.64. The van der Waals surface area contributed by atoms with Crippen molar-refractivity contribution >= 4 is 11.3 Å². The summed E-state index contributed by atoms with van der Waals surface area (Å²) in [7, 11) is 0. The van der Waals surface area contributed by atoms with Gasteiger partial charge in [0.25, 0.3) is 0 Å². The van der Waals surface area contributed by atoms with Crippen LogP contribution in [-0.4, -0.2) is 10.5 Å². The number of aromatic nitrogens is 1. The van der Waals surface area contributed by atoms with Crippen LogP contribution in [0.25, 0.3) is 0 Å². The van der Waals surface area contributed by atoms with Gasteiger partial charge in [-0.1, -0.05) is 0 Å². The van der Waals surface area contributed by atoms with Gasteiger partial charge in [-0.05, 0) is 27.7 Å². The van der Waals surface area contributed by atoms with Crippen LogP contribution in [0, 0.1) is 6.92 Å². The van der Waals surface area contributed by atoms with Crippen molar-refractivity contribution in [2.24, 2.45) is 0 Å². The van der Waals surface area contributed by atoms with Crippen LogP contribution < -0.4 is 5.32 Å². The minimum absolute atomic E-state index is 0.198. The molecule has 0 saturated carbocycles. The summed E-state index contributed by atoms with van der Waals surface area (Å²) >= 11 is 1.09. The lowest BCUT2D eigenvalue weighted by atomic mass is 10.1. The van der Waals surface area contributed by atoms with E-state index in [2.05, 4.69) is 10.3 Å². The molecule has 0 unspecified atom stereocenters. The van der Waals surface area contributed by atoms with E-state index in [1.807, 2.05) is 20.8 Å². The smallest absolute Gasteiger partial charge is 0.307 e. The SMILES string of the molecule is Cc1nc(C(F)(F)F)c(CNC(C)(C)C)s1. The lowest BCUT2D eigenvalue weighted by Crippen LogP contribution is -2.35. The fourth-order valence-corrected chi connectivity index (χ4v) is 2.05. The van der Waals surface area contributed by atoms with Gasteiger partial charge in [0.15, 0.2) is 5.69 Å². The number of nitrogens with one attached hydrogen (secondary N) is 1. The molecule has 0 amide bonds. The van der Waals surface area contributed by atoms with Crippen molar-refractivity contribution < 1.29 is 13.2 Å². The second kappa shape index (κ2) is 4.33. The van der Waals surface area contributed by atoms with Crippen LogP contribution in [0.5, 0.6) is 0 Å². The van der Waals surface area contributed by atoms with Crippen LogP contribution >= 0.6 is 11.3 Å². The highest BCUT2D eigenvalue weighted by Gasteiger charge is 2.37. The molecular formula is C10H15F3N2S. The number of hydrogen-bond donors (Lipinski definition) is 1. The van der Waals surface area contributed by atoms with Crippen LogP contribution in [0.15, 0.2) is 0 Å². The Bertz CT molecular complexity index is 363. The van der Waals surface area contributed by atoms with E-state index < -0.39 is 11.9 Å². The van der Waals surface area contributed by atoms with Gasteiger partial charge in [0, 0.05) is 12.1 Å². The third kappa shape index (κ3) is 3.75. The minimum Gasteiger partial charge on any atom is -0.307 e. The van der Waals surface area contributed by atoms with E-state index in [9.17, 15) is 13.2 Å². The molecule has 16 heavy (non-hydrogen) atoms. The summed E-state index contributed by atoms with van der Waals surface area (Å²) in [6.45, 7) is 7.51. The average molecular weight is 252 g/mol. The number of alkyl halides is 3. The highest BCUT2D eigenvalue weighted by molar-refractivity contribution is 7.11. The molecule has 1 aromatic rings. The maximum absolute atomic E-state index is 12.6. The van der Waals surface area contributed by atoms with Gasteiger partial charge in [0.1, 0.15) is 0 Å². The van der Waals surface area contributed by atoms with Gasteiger partial charge in [-0.25, -0.2) is 4.98 Å². The van der Waals surface area contributed by atoms with Crippen molar-refractivity contribution in [1.82, 2.24) is 10.3 Å². The summed E-state index contributed by atoms with van der Waals surface area (Å²) < 4.78 is 37.8. The van der Waals surface area contributed by atoms with Crippen molar-refractivity contribution in [3.8, 4) is 0 Å². The van der Waals surface area contributed by atoms with Crippen molar-refractivity contribution in [1.29, 1.82) is 0 Å². The monoisotopic (exact) mass is 252 g/mol. The summed E-state index contributed by atoms with van der Waals surface area (Å²) in [5.41, 5.74) is -0.965. The Labute approximate surface area is 96.9 Å². The largest absolute Gasteiger partial charge is 0.434 e. The van der Waals surface area contributed by atoms with E-state index in [-0.39, 0.29) is 17.0 Å². The van der Waals surface area contributed by atoms with Gasteiger partial charge in [-0.15, -0.1) is 11.3 Å². The van der Waals surface area contributed by atoms with Gasteiger partial charge in [0.2, 0.25) is 0 Å². The zero-order valence-corrected chi connectivity index (χ0v) is 10.5. The second-order valence-corrected chi connectivity index (χ2v) is 5.89. The van der Waals surface area contributed by atoms with Gasteiger partial charge in [0.05, 0.1) is 9.88 Å². The second-order valence-electron chi connectivity index (χ2n) is 4.61. The molecule has 0 radical (unpaired) electrons. The normalized spacial score (nSPS) is 13.2. The van der Waals surface area contributed by atoms with Gasteiger partial charge >= 0.3 is 6.18 Å². The minimum atomic E-state index is -4.36. The zero-order chi connectivity index (χ0) is 12.6. The van der Waals surface area contributed by atoms with Crippen molar-refractivity contribution in [3.63, 3.8) is 0 Å². The predicted molar refractivity (Wildman–Crippen MR) is 58.4 cm³/mol. The van der Waals surface area contributed by atoms with E-state index in [1.165, 1.54) is 0 Å². The van der Waals surface area contributed by atoms with Gasteiger partial charge in [-0.3, -0.25) is 0 Å². The number of rotatable bonds is 2. The molecule has 0 spiro atoms. The van der Waals surface area contributed by atoms with Crippen LogP contribution in [0.3, 0.4) is 0 Å². The highest BCUT2D eigenvalue weighted by Crippen LogP contribution is 2.34. The van der Waals surface area contributed by atoms with Crippen LogP contribution in [0.1, 0.15) is 36.3 Å². The van der Waals surface area contributed by atoms with Gasteiger partial charge < -0.3 is 5.32 Å². The highest BCUT2D eigenvalue weighted by atomic mass is 32.1. The molecule has 1 heterocycles. The molecule has 0 aromatic carbocycles. The Hall–Kier alpha value is -0.620. The standard InChI is InChI=1S/C10H15F3N2S/c1-6-15-8(10(11,12)13)7(16-6)5-14-9(2,3)4/h14H,5H2,1-4H3. The van der Waals surface area contributed by atoms with Crippen LogP contribution in [-0.2, 0) is 12.7 Å². The fourth-order valence-electron chi connectivity index (χ4n) is 1.16. The molecular weight excluding hydrogens is 237 g/mol. The van der Waals surface area contributed by atoms with Crippen LogP contribution in [0.2, 0.25) is 0 Å². The number of hydrogen-bond acceptors (Lipinski definition) is 3. The summed E-state index contributed by atoms with van der Waals surface area (Å²) in [5, 5.41) is 3.48. The van der Waals surface area contributed by atoms with E-state index in [0.29, 0.717) is 5.01 Å². The molecule has 0 saturated heterocycles. The summed E-state index contributed by atoms with van der Waals surface area (Å²) in [5.74, 6) is 0. The molecule has 1 N–H and O–H groups in total. The maximum Gasteiger partial charge on any atom is 0.434 e. The Balaban J connectivity index is 2.88. The first kappa shape index (κ1) is 13.4. The first-order valence-corrected chi connectivity index (χ1v) is 5.70. The predicted octanol–water partition coefficient (Wildman–Crippen LogP) is 3.36. The first-order chi connectivity index (χ1) is 7.09. The van der Waals surface area contributed by atoms with E-state index in [0.717, 1.165) is 11.3 Å². The molecule has 0 atom stereocenters. The van der Waals surface area contributed by atoms with Crippen molar-refractivity contribution in [2.75, 3.05) is 0 Å². The number of nitrogens with zero attached hydrogens (tertiary/aromatic N) is 1. The molecule has 1 rings (SSSR count). The van der Waals surface area contributed by atoms with Crippen LogP contribution in [0.4, 0.5) is 13.2 Å². The quantitative estimate of drug-likeness (QED) is 0.873. The van der Waals surface area contributed by atoms with Crippen molar-refractivity contribution in [2.45, 2.75) is 46.0 Å². The Morgan fingerprint density at radius 1 is 1.25 bits per heavy atom. The Morgan fingerprint density at radius 2 is 1.81 bits per heavy atom. The fraction of sp³-hybridized carbons (Fsp3) is 0.700. The molecule has 6 heteroatoms. The average Bonchev–Trinajstić information content (AvgIpc) is 2.41. The number of aryl methyl sites for hydroxylation is 1. The Morgan fingerprint density at radius 3 is 2.25 bits per heavy atom. The lowest BCUT2D eigenvalue weighted by Gasteiger charge is -2.20.